The lowest BCUT2D eigenvalue weighted by atomic mass is 10.0. The quantitative estimate of drug-likeness (QED) is 0.285. The molecule has 3 rings (SSSR count). The summed E-state index contributed by atoms with van der Waals surface area (Å²) in [6, 6.07) is 23.8. The van der Waals surface area contributed by atoms with Crippen LogP contribution >= 0.6 is 0 Å². The molecule has 160 valence electrons. The first-order valence-corrected chi connectivity index (χ1v) is 9.89. The van der Waals surface area contributed by atoms with Gasteiger partial charge >= 0.3 is 0 Å². The molecule has 5 N–H and O–H groups in total. The van der Waals surface area contributed by atoms with Crippen LogP contribution in [0.2, 0.25) is 0 Å². The summed E-state index contributed by atoms with van der Waals surface area (Å²) >= 11 is 0. The van der Waals surface area contributed by atoms with Crippen molar-refractivity contribution in [2.45, 2.75) is 25.6 Å². The molecule has 0 spiro atoms. The van der Waals surface area contributed by atoms with Crippen LogP contribution in [0.4, 0.5) is 5.69 Å². The maximum Gasteiger partial charge on any atom is 0.268 e. The van der Waals surface area contributed by atoms with E-state index in [-0.39, 0.29) is 0 Å². The van der Waals surface area contributed by atoms with Gasteiger partial charge in [-0.25, -0.2) is 5.48 Å². The Hall–Kier alpha value is -3.68. The molecule has 0 aromatic heterocycles. The third-order valence-corrected chi connectivity index (χ3v) is 4.87. The van der Waals surface area contributed by atoms with Gasteiger partial charge in [0, 0.05) is 17.8 Å². The summed E-state index contributed by atoms with van der Waals surface area (Å²) in [7, 11) is 0. The summed E-state index contributed by atoms with van der Waals surface area (Å²) in [5.41, 5.74) is 5.94. The van der Waals surface area contributed by atoms with Gasteiger partial charge in [0.2, 0.25) is 0 Å². The summed E-state index contributed by atoms with van der Waals surface area (Å²) in [6.07, 6.45) is -1.16. The van der Waals surface area contributed by atoms with Crippen molar-refractivity contribution in [1.29, 1.82) is 0 Å². The molecule has 0 bridgehead atoms. The van der Waals surface area contributed by atoms with Gasteiger partial charge in [-0.2, -0.15) is 0 Å². The molecule has 0 saturated carbocycles. The number of benzene rings is 3. The standard InChI is InChI=1S/C24H25N3O4/c1-16(28)22(24(30)27-31)26-23(29)20-13-11-19(12-14-20)18-9-7-17(8-10-18)15-25-21-5-3-2-4-6-21/h2-14,16,22,25,28,31H,15H2,1H3,(H,26,29)(H,27,30)/t16-,22+/m1/s1. The second-order valence-electron chi connectivity index (χ2n) is 7.16. The van der Waals surface area contributed by atoms with E-state index < -0.39 is 24.0 Å². The van der Waals surface area contributed by atoms with E-state index in [2.05, 4.69) is 10.6 Å². The van der Waals surface area contributed by atoms with Gasteiger partial charge in [0.25, 0.3) is 11.8 Å². The number of carbonyl (C=O) groups is 2. The lowest BCUT2D eigenvalue weighted by Gasteiger charge is -2.19. The zero-order chi connectivity index (χ0) is 22.2. The minimum atomic E-state index is -1.26. The van der Waals surface area contributed by atoms with Crippen LogP contribution in [0.1, 0.15) is 22.8 Å². The summed E-state index contributed by atoms with van der Waals surface area (Å²) in [5, 5.41) is 24.2. The van der Waals surface area contributed by atoms with Gasteiger partial charge in [0.15, 0.2) is 0 Å². The Kier molecular flexibility index (Phi) is 7.37. The van der Waals surface area contributed by atoms with E-state index in [0.29, 0.717) is 5.56 Å². The van der Waals surface area contributed by atoms with Gasteiger partial charge in [0.1, 0.15) is 6.04 Å². The monoisotopic (exact) mass is 419 g/mol. The first kappa shape index (κ1) is 22.0. The lowest BCUT2D eigenvalue weighted by molar-refractivity contribution is -0.133. The number of para-hydroxylation sites is 1. The van der Waals surface area contributed by atoms with Crippen LogP contribution in [0.5, 0.6) is 0 Å². The molecule has 3 aromatic carbocycles. The highest BCUT2D eigenvalue weighted by molar-refractivity contribution is 5.97. The van der Waals surface area contributed by atoms with Gasteiger partial charge < -0.3 is 15.7 Å². The Morgan fingerprint density at radius 2 is 1.45 bits per heavy atom. The highest BCUT2D eigenvalue weighted by atomic mass is 16.5. The van der Waals surface area contributed by atoms with Crippen molar-refractivity contribution in [2.24, 2.45) is 0 Å². The molecular formula is C24H25N3O4. The van der Waals surface area contributed by atoms with Crippen molar-refractivity contribution >= 4 is 17.5 Å². The molecule has 3 aromatic rings. The SMILES string of the molecule is C[C@@H](O)[C@H](NC(=O)c1ccc(-c2ccc(CNc3ccccc3)cc2)cc1)C(=O)NO. The molecule has 31 heavy (non-hydrogen) atoms. The van der Waals surface area contributed by atoms with Crippen LogP contribution < -0.4 is 16.1 Å². The van der Waals surface area contributed by atoms with Gasteiger partial charge in [-0.1, -0.05) is 54.6 Å². The summed E-state index contributed by atoms with van der Waals surface area (Å²) < 4.78 is 0. The van der Waals surface area contributed by atoms with Crippen molar-refractivity contribution in [1.82, 2.24) is 10.8 Å². The number of hydrogen-bond donors (Lipinski definition) is 5. The highest BCUT2D eigenvalue weighted by Gasteiger charge is 2.25. The molecule has 0 aliphatic heterocycles. The van der Waals surface area contributed by atoms with E-state index in [0.717, 1.165) is 28.9 Å². The fraction of sp³-hybridized carbons (Fsp3) is 0.167. The fourth-order valence-electron chi connectivity index (χ4n) is 3.09. The number of rotatable bonds is 8. The first-order valence-electron chi connectivity index (χ1n) is 9.89. The Balaban J connectivity index is 1.62. The molecule has 0 saturated heterocycles. The van der Waals surface area contributed by atoms with Crippen LogP contribution in [0.25, 0.3) is 11.1 Å². The van der Waals surface area contributed by atoms with Gasteiger partial charge in [-0.15, -0.1) is 0 Å². The Bertz CT molecular complexity index is 1000. The van der Waals surface area contributed by atoms with Crippen molar-refractivity contribution in [3.63, 3.8) is 0 Å². The molecule has 2 amide bonds. The van der Waals surface area contributed by atoms with Crippen LogP contribution in [0.15, 0.2) is 78.9 Å². The van der Waals surface area contributed by atoms with Crippen molar-refractivity contribution in [2.75, 3.05) is 5.32 Å². The molecule has 7 heteroatoms. The third kappa shape index (κ3) is 5.91. The average molecular weight is 419 g/mol. The zero-order valence-corrected chi connectivity index (χ0v) is 17.1. The van der Waals surface area contributed by atoms with Crippen molar-refractivity contribution < 1.29 is 19.9 Å². The molecule has 0 radical (unpaired) electrons. The van der Waals surface area contributed by atoms with Crippen molar-refractivity contribution in [3.05, 3.63) is 90.0 Å². The number of anilines is 1. The van der Waals surface area contributed by atoms with E-state index >= 15 is 0 Å². The maximum atomic E-state index is 12.4. The van der Waals surface area contributed by atoms with E-state index in [1.807, 2.05) is 66.7 Å². The van der Waals surface area contributed by atoms with E-state index in [4.69, 9.17) is 5.21 Å². The number of hydroxylamine groups is 1. The molecule has 2 atom stereocenters. The van der Waals surface area contributed by atoms with Gasteiger partial charge in [-0.05, 0) is 47.9 Å². The smallest absolute Gasteiger partial charge is 0.268 e. The predicted octanol–water partition coefficient (Wildman–Crippen LogP) is 2.95. The second-order valence-corrected chi connectivity index (χ2v) is 7.16. The number of amides is 2. The topological polar surface area (TPSA) is 111 Å². The predicted molar refractivity (Wildman–Crippen MR) is 119 cm³/mol. The molecule has 0 fully saturated rings. The van der Waals surface area contributed by atoms with E-state index in [1.165, 1.54) is 12.4 Å². The molecule has 0 heterocycles. The van der Waals surface area contributed by atoms with Crippen LogP contribution in [0, 0.1) is 0 Å². The summed E-state index contributed by atoms with van der Waals surface area (Å²) in [6.45, 7) is 2.07. The normalized spacial score (nSPS) is 12.5. The minimum Gasteiger partial charge on any atom is -0.391 e. The number of aliphatic hydroxyl groups is 1. The minimum absolute atomic E-state index is 0.337. The van der Waals surface area contributed by atoms with Crippen molar-refractivity contribution in [3.8, 4) is 11.1 Å². The largest absolute Gasteiger partial charge is 0.391 e. The number of aliphatic hydroxyl groups excluding tert-OH is 1. The average Bonchev–Trinajstić information content (AvgIpc) is 2.81. The van der Waals surface area contributed by atoms with Crippen LogP contribution in [-0.4, -0.2) is 34.3 Å². The Morgan fingerprint density at radius 3 is 2.00 bits per heavy atom. The molecule has 0 unspecified atom stereocenters. The number of carbonyl (C=O) groups excluding carboxylic acids is 2. The lowest BCUT2D eigenvalue weighted by Crippen LogP contribution is -2.51. The van der Waals surface area contributed by atoms with Crippen LogP contribution in [0.3, 0.4) is 0 Å². The highest BCUT2D eigenvalue weighted by Crippen LogP contribution is 2.21. The Labute approximate surface area is 180 Å². The Morgan fingerprint density at radius 1 is 0.871 bits per heavy atom. The first-order chi connectivity index (χ1) is 15.0. The van der Waals surface area contributed by atoms with Gasteiger partial charge in [-0.3, -0.25) is 14.8 Å². The van der Waals surface area contributed by atoms with Crippen LogP contribution in [-0.2, 0) is 11.3 Å². The summed E-state index contributed by atoms with van der Waals surface area (Å²) in [4.78, 5) is 23.9. The molecule has 0 aliphatic carbocycles. The van der Waals surface area contributed by atoms with E-state index in [1.54, 1.807) is 12.1 Å². The van der Waals surface area contributed by atoms with Gasteiger partial charge in [0.05, 0.1) is 6.10 Å². The maximum absolute atomic E-state index is 12.4. The van der Waals surface area contributed by atoms with E-state index in [9.17, 15) is 14.7 Å². The zero-order valence-electron chi connectivity index (χ0n) is 17.1. The third-order valence-electron chi connectivity index (χ3n) is 4.87. The number of hydrogen-bond acceptors (Lipinski definition) is 5. The fourth-order valence-corrected chi connectivity index (χ4v) is 3.09. The molecular weight excluding hydrogens is 394 g/mol. The second kappa shape index (κ2) is 10.4. The molecule has 7 nitrogen and oxygen atoms in total. The molecule has 0 aliphatic rings. The summed E-state index contributed by atoms with van der Waals surface area (Å²) in [5.74, 6) is -1.41. The number of nitrogens with one attached hydrogen (secondary N) is 3.